The standard InChI is InChI=1S/C20H26N4O3/c1-12(15-6-3-9-21-15)22-10-13-4-2-5-14-11-24(20(27)18(13)14)16-7-8-17(25)23-19(16)26/h2,4-5,12,15-16,21-22H,3,6-11H2,1H3,(H,23,25,26). The summed E-state index contributed by atoms with van der Waals surface area (Å²) in [6.07, 6.45) is 3.04. The van der Waals surface area contributed by atoms with Gasteiger partial charge in [-0.25, -0.2) is 0 Å². The molecule has 2 fully saturated rings. The fraction of sp³-hybridized carbons (Fsp3) is 0.550. The van der Waals surface area contributed by atoms with Gasteiger partial charge in [0.05, 0.1) is 0 Å². The smallest absolute Gasteiger partial charge is 0.255 e. The summed E-state index contributed by atoms with van der Waals surface area (Å²) in [7, 11) is 0. The molecule has 0 bridgehead atoms. The first-order chi connectivity index (χ1) is 13.0. The molecule has 7 heteroatoms. The molecular formula is C20H26N4O3. The maximum absolute atomic E-state index is 13.1. The van der Waals surface area contributed by atoms with E-state index in [1.165, 1.54) is 12.8 Å². The summed E-state index contributed by atoms with van der Waals surface area (Å²) in [6, 6.07) is 6.13. The Morgan fingerprint density at radius 2 is 2.11 bits per heavy atom. The van der Waals surface area contributed by atoms with Crippen LogP contribution in [0.2, 0.25) is 0 Å². The third-order valence-corrected chi connectivity index (χ3v) is 5.96. The highest BCUT2D eigenvalue weighted by Gasteiger charge is 2.39. The molecule has 3 aliphatic rings. The Kier molecular flexibility index (Phi) is 4.97. The largest absolute Gasteiger partial charge is 0.322 e. The van der Waals surface area contributed by atoms with Crippen molar-refractivity contribution >= 4 is 17.7 Å². The van der Waals surface area contributed by atoms with Crippen molar-refractivity contribution in [1.29, 1.82) is 0 Å². The number of imide groups is 1. The monoisotopic (exact) mass is 370 g/mol. The highest BCUT2D eigenvalue weighted by molar-refractivity contribution is 6.05. The first-order valence-electron chi connectivity index (χ1n) is 9.77. The lowest BCUT2D eigenvalue weighted by Crippen LogP contribution is -2.52. The van der Waals surface area contributed by atoms with Crippen molar-refractivity contribution in [2.75, 3.05) is 6.54 Å². The van der Waals surface area contributed by atoms with Crippen molar-refractivity contribution in [2.24, 2.45) is 0 Å². The second-order valence-electron chi connectivity index (χ2n) is 7.72. The minimum atomic E-state index is -0.565. The van der Waals surface area contributed by atoms with E-state index in [-0.39, 0.29) is 24.1 Å². The number of nitrogens with zero attached hydrogens (tertiary/aromatic N) is 1. The number of nitrogens with one attached hydrogen (secondary N) is 3. The fourth-order valence-corrected chi connectivity index (χ4v) is 4.39. The molecule has 3 N–H and O–H groups in total. The van der Waals surface area contributed by atoms with Crippen LogP contribution in [0.1, 0.15) is 54.1 Å². The number of piperidine rings is 1. The van der Waals surface area contributed by atoms with E-state index in [2.05, 4.69) is 22.9 Å². The lowest BCUT2D eigenvalue weighted by Gasteiger charge is -2.29. The number of hydrogen-bond acceptors (Lipinski definition) is 5. The average Bonchev–Trinajstić information content (AvgIpc) is 3.29. The van der Waals surface area contributed by atoms with Crippen LogP contribution in [0, 0.1) is 0 Å². The topological polar surface area (TPSA) is 90.5 Å². The number of carbonyl (C=O) groups excluding carboxylic acids is 3. The Morgan fingerprint density at radius 1 is 1.26 bits per heavy atom. The molecular weight excluding hydrogens is 344 g/mol. The zero-order valence-corrected chi connectivity index (χ0v) is 15.6. The molecule has 27 heavy (non-hydrogen) atoms. The predicted molar refractivity (Wildman–Crippen MR) is 99.8 cm³/mol. The molecule has 3 amide bonds. The van der Waals surface area contributed by atoms with Gasteiger partial charge in [-0.05, 0) is 43.9 Å². The van der Waals surface area contributed by atoms with Crippen LogP contribution in [0.5, 0.6) is 0 Å². The van der Waals surface area contributed by atoms with E-state index < -0.39 is 6.04 Å². The number of hydrogen-bond donors (Lipinski definition) is 3. The number of carbonyl (C=O) groups is 3. The van der Waals surface area contributed by atoms with Gasteiger partial charge in [-0.15, -0.1) is 0 Å². The SMILES string of the molecule is CC(NCc1cccc2c1C(=O)N(C1CCC(=O)NC1=O)C2)C1CCCN1. The van der Waals surface area contributed by atoms with Gasteiger partial charge < -0.3 is 15.5 Å². The van der Waals surface area contributed by atoms with E-state index in [9.17, 15) is 14.4 Å². The Balaban J connectivity index is 1.48. The molecule has 0 aliphatic carbocycles. The minimum absolute atomic E-state index is 0.108. The molecule has 0 saturated carbocycles. The Bertz CT molecular complexity index is 772. The molecule has 0 radical (unpaired) electrons. The summed E-state index contributed by atoms with van der Waals surface area (Å²) in [5, 5.41) is 9.39. The molecule has 2 saturated heterocycles. The van der Waals surface area contributed by atoms with Crippen molar-refractivity contribution in [3.8, 4) is 0 Å². The third kappa shape index (κ3) is 3.49. The molecule has 3 aliphatic heterocycles. The van der Waals surface area contributed by atoms with Gasteiger partial charge in [0.15, 0.2) is 0 Å². The van der Waals surface area contributed by atoms with Crippen LogP contribution in [-0.2, 0) is 22.7 Å². The van der Waals surface area contributed by atoms with E-state index >= 15 is 0 Å². The summed E-state index contributed by atoms with van der Waals surface area (Å²) >= 11 is 0. The van der Waals surface area contributed by atoms with Gasteiger partial charge in [-0.3, -0.25) is 19.7 Å². The van der Waals surface area contributed by atoms with E-state index in [4.69, 9.17) is 0 Å². The fourth-order valence-electron chi connectivity index (χ4n) is 4.39. The Hall–Kier alpha value is -2.25. The van der Waals surface area contributed by atoms with Gasteiger partial charge in [-0.2, -0.15) is 0 Å². The molecule has 0 aromatic heterocycles. The predicted octanol–water partition coefficient (Wildman–Crippen LogP) is 0.678. The molecule has 3 atom stereocenters. The number of benzene rings is 1. The zero-order chi connectivity index (χ0) is 19.0. The van der Waals surface area contributed by atoms with Crippen molar-refractivity contribution in [1.82, 2.24) is 20.9 Å². The molecule has 0 spiro atoms. The van der Waals surface area contributed by atoms with Crippen molar-refractivity contribution < 1.29 is 14.4 Å². The van der Waals surface area contributed by atoms with Crippen LogP contribution in [0.4, 0.5) is 0 Å². The normalized spacial score (nSPS) is 26.3. The number of rotatable bonds is 5. The van der Waals surface area contributed by atoms with Gasteiger partial charge in [-0.1, -0.05) is 18.2 Å². The van der Waals surface area contributed by atoms with E-state index in [1.807, 2.05) is 18.2 Å². The van der Waals surface area contributed by atoms with E-state index in [0.717, 1.165) is 17.7 Å². The van der Waals surface area contributed by atoms with Gasteiger partial charge in [0.1, 0.15) is 6.04 Å². The van der Waals surface area contributed by atoms with Gasteiger partial charge >= 0.3 is 0 Å². The zero-order valence-electron chi connectivity index (χ0n) is 15.6. The van der Waals surface area contributed by atoms with Gasteiger partial charge in [0.2, 0.25) is 11.8 Å². The summed E-state index contributed by atoms with van der Waals surface area (Å²) in [5.41, 5.74) is 2.63. The average molecular weight is 370 g/mol. The summed E-state index contributed by atoms with van der Waals surface area (Å²) in [4.78, 5) is 38.3. The lowest BCUT2D eigenvalue weighted by molar-refractivity contribution is -0.136. The highest BCUT2D eigenvalue weighted by Crippen LogP contribution is 2.30. The third-order valence-electron chi connectivity index (χ3n) is 5.96. The van der Waals surface area contributed by atoms with Crippen molar-refractivity contribution in [3.63, 3.8) is 0 Å². The second kappa shape index (κ2) is 7.40. The van der Waals surface area contributed by atoms with Gasteiger partial charge in [0, 0.05) is 37.2 Å². The molecule has 144 valence electrons. The second-order valence-corrected chi connectivity index (χ2v) is 7.72. The van der Waals surface area contributed by atoms with Crippen LogP contribution in [-0.4, -0.2) is 47.3 Å². The van der Waals surface area contributed by atoms with Crippen LogP contribution in [0.15, 0.2) is 18.2 Å². The van der Waals surface area contributed by atoms with Gasteiger partial charge in [0.25, 0.3) is 5.91 Å². The van der Waals surface area contributed by atoms with Crippen molar-refractivity contribution in [2.45, 2.75) is 63.8 Å². The van der Waals surface area contributed by atoms with Crippen LogP contribution < -0.4 is 16.0 Å². The maximum Gasteiger partial charge on any atom is 0.255 e. The molecule has 3 heterocycles. The summed E-state index contributed by atoms with van der Waals surface area (Å²) < 4.78 is 0. The molecule has 1 aromatic rings. The Labute approximate surface area is 158 Å². The first kappa shape index (κ1) is 18.1. The van der Waals surface area contributed by atoms with Crippen LogP contribution >= 0.6 is 0 Å². The quantitative estimate of drug-likeness (QED) is 0.663. The summed E-state index contributed by atoms with van der Waals surface area (Å²) in [6.45, 7) is 4.28. The van der Waals surface area contributed by atoms with Crippen molar-refractivity contribution in [3.05, 3.63) is 34.9 Å². The Morgan fingerprint density at radius 3 is 2.85 bits per heavy atom. The van der Waals surface area contributed by atoms with E-state index in [0.29, 0.717) is 37.2 Å². The molecule has 7 nitrogen and oxygen atoms in total. The lowest BCUT2D eigenvalue weighted by atomic mass is 10.0. The minimum Gasteiger partial charge on any atom is -0.322 e. The number of fused-ring (bicyclic) bond motifs is 1. The molecule has 3 unspecified atom stereocenters. The summed E-state index contributed by atoms with van der Waals surface area (Å²) in [5.74, 6) is -0.739. The maximum atomic E-state index is 13.1. The highest BCUT2D eigenvalue weighted by atomic mass is 16.2. The first-order valence-corrected chi connectivity index (χ1v) is 9.77. The van der Waals surface area contributed by atoms with Crippen LogP contribution in [0.3, 0.4) is 0 Å². The molecule has 1 aromatic carbocycles. The molecule has 4 rings (SSSR count). The van der Waals surface area contributed by atoms with E-state index in [1.54, 1.807) is 4.90 Å². The number of amides is 3. The van der Waals surface area contributed by atoms with Crippen LogP contribution in [0.25, 0.3) is 0 Å².